The number of sulfonamides is 1. The van der Waals surface area contributed by atoms with Crippen LogP contribution in [0.1, 0.15) is 29.8 Å². The van der Waals surface area contributed by atoms with Gasteiger partial charge in [0.15, 0.2) is 0 Å². The van der Waals surface area contributed by atoms with Gasteiger partial charge in [0, 0.05) is 6.54 Å². The second-order valence-corrected chi connectivity index (χ2v) is 6.42. The maximum atomic E-state index is 12.1. The largest absolute Gasteiger partial charge is 0.507 e. The molecule has 1 rings (SSSR count). The van der Waals surface area contributed by atoms with E-state index in [1.807, 2.05) is 13.8 Å². The molecule has 6 nitrogen and oxygen atoms in total. The Morgan fingerprint density at radius 1 is 1.37 bits per heavy atom. The predicted octanol–water partition coefficient (Wildman–Crippen LogP) is 1.33. The van der Waals surface area contributed by atoms with Gasteiger partial charge in [0.2, 0.25) is 10.0 Å². The van der Waals surface area contributed by atoms with E-state index in [-0.39, 0.29) is 17.4 Å². The summed E-state index contributed by atoms with van der Waals surface area (Å²) in [4.78, 5) is 10.8. The van der Waals surface area contributed by atoms with Gasteiger partial charge in [-0.3, -0.25) is 0 Å². The number of hydrogen-bond donors (Lipinski definition) is 3. The van der Waals surface area contributed by atoms with Crippen molar-refractivity contribution in [3.8, 4) is 5.75 Å². The number of phenols is 1. The van der Waals surface area contributed by atoms with Gasteiger partial charge < -0.3 is 10.2 Å². The van der Waals surface area contributed by atoms with Crippen LogP contribution in [-0.4, -0.2) is 31.1 Å². The van der Waals surface area contributed by atoms with E-state index in [1.165, 1.54) is 6.92 Å². The van der Waals surface area contributed by atoms with E-state index in [1.54, 1.807) is 0 Å². The van der Waals surface area contributed by atoms with Crippen LogP contribution in [0.3, 0.4) is 0 Å². The maximum absolute atomic E-state index is 12.1. The molecule has 0 aliphatic heterocycles. The fraction of sp³-hybridized carbons (Fsp3) is 0.417. The maximum Gasteiger partial charge on any atom is 0.339 e. The van der Waals surface area contributed by atoms with Gasteiger partial charge in [0.1, 0.15) is 11.3 Å². The molecule has 3 N–H and O–H groups in total. The molecule has 7 heteroatoms. The number of nitrogens with one attached hydrogen (secondary N) is 1. The Kier molecular flexibility index (Phi) is 4.54. The van der Waals surface area contributed by atoms with Crippen LogP contribution in [0.15, 0.2) is 17.0 Å². The van der Waals surface area contributed by atoms with Crippen molar-refractivity contribution in [2.75, 3.05) is 6.54 Å². The van der Waals surface area contributed by atoms with E-state index in [0.717, 1.165) is 12.1 Å². The molecule has 0 spiro atoms. The molecule has 0 aliphatic rings. The molecule has 0 aromatic heterocycles. The number of benzene rings is 1. The third kappa shape index (κ3) is 3.68. The number of carbonyl (C=O) groups is 1. The van der Waals surface area contributed by atoms with Crippen LogP contribution >= 0.6 is 0 Å². The second-order valence-electron chi connectivity index (χ2n) is 4.69. The standard InChI is InChI=1S/C12H17NO5S/c1-7(2)6-13-19(17,18)11-5-9(12(15)16)10(14)4-8(11)3/h4-5,7,13-14H,6H2,1-3H3,(H,15,16). The zero-order valence-electron chi connectivity index (χ0n) is 11.0. The smallest absolute Gasteiger partial charge is 0.339 e. The molecule has 1 aromatic rings. The first kappa shape index (κ1) is 15.5. The van der Waals surface area contributed by atoms with Crippen LogP contribution in [0.2, 0.25) is 0 Å². The molecule has 19 heavy (non-hydrogen) atoms. The second kappa shape index (κ2) is 5.58. The van der Waals surface area contributed by atoms with Gasteiger partial charge in [0.25, 0.3) is 0 Å². The molecule has 106 valence electrons. The summed E-state index contributed by atoms with van der Waals surface area (Å²) in [5, 5.41) is 18.4. The van der Waals surface area contributed by atoms with Crippen LogP contribution in [0, 0.1) is 12.8 Å². The monoisotopic (exact) mass is 287 g/mol. The highest BCUT2D eigenvalue weighted by Crippen LogP contribution is 2.25. The van der Waals surface area contributed by atoms with Gasteiger partial charge in [-0.05, 0) is 30.5 Å². The minimum atomic E-state index is -3.78. The molecule has 0 radical (unpaired) electrons. The van der Waals surface area contributed by atoms with Crippen molar-refractivity contribution in [3.05, 3.63) is 23.3 Å². The highest BCUT2D eigenvalue weighted by molar-refractivity contribution is 7.89. The zero-order chi connectivity index (χ0) is 14.8. The summed E-state index contributed by atoms with van der Waals surface area (Å²) >= 11 is 0. The summed E-state index contributed by atoms with van der Waals surface area (Å²) in [7, 11) is -3.78. The summed E-state index contributed by atoms with van der Waals surface area (Å²) in [6, 6.07) is 2.10. The molecular weight excluding hydrogens is 270 g/mol. The molecule has 0 atom stereocenters. The third-order valence-corrected chi connectivity index (χ3v) is 4.06. The Bertz CT molecular complexity index is 592. The van der Waals surface area contributed by atoms with Crippen molar-refractivity contribution in [2.45, 2.75) is 25.7 Å². The van der Waals surface area contributed by atoms with E-state index in [2.05, 4.69) is 4.72 Å². The number of aromatic hydroxyl groups is 1. The lowest BCUT2D eigenvalue weighted by Crippen LogP contribution is -2.28. The van der Waals surface area contributed by atoms with Crippen molar-refractivity contribution in [2.24, 2.45) is 5.92 Å². The van der Waals surface area contributed by atoms with E-state index in [9.17, 15) is 18.3 Å². The Balaban J connectivity index is 3.27. The van der Waals surface area contributed by atoms with Gasteiger partial charge in [0.05, 0.1) is 4.90 Å². The summed E-state index contributed by atoms with van der Waals surface area (Å²) in [5.41, 5.74) is -0.144. The van der Waals surface area contributed by atoms with Crippen molar-refractivity contribution < 1.29 is 23.4 Å². The van der Waals surface area contributed by atoms with Gasteiger partial charge in [-0.1, -0.05) is 13.8 Å². The first-order valence-electron chi connectivity index (χ1n) is 5.71. The third-order valence-electron chi connectivity index (χ3n) is 2.49. The average molecular weight is 287 g/mol. The number of carboxylic acid groups (broad SMARTS) is 1. The molecule has 1 aromatic carbocycles. The molecule has 0 bridgehead atoms. The van der Waals surface area contributed by atoms with Crippen LogP contribution in [0.5, 0.6) is 5.75 Å². The first-order chi connectivity index (χ1) is 8.65. The number of hydrogen-bond acceptors (Lipinski definition) is 4. The number of aryl methyl sites for hydroxylation is 1. The van der Waals surface area contributed by atoms with E-state index >= 15 is 0 Å². The summed E-state index contributed by atoms with van der Waals surface area (Å²) in [5.74, 6) is -1.70. The molecule has 0 unspecified atom stereocenters. The molecule has 0 saturated heterocycles. The Morgan fingerprint density at radius 3 is 2.42 bits per heavy atom. The number of aromatic carboxylic acids is 1. The topological polar surface area (TPSA) is 104 Å². The lowest BCUT2D eigenvalue weighted by Gasteiger charge is -2.12. The molecule has 0 aliphatic carbocycles. The number of carboxylic acids is 1. The van der Waals surface area contributed by atoms with Crippen molar-refractivity contribution >= 4 is 16.0 Å². The molecule has 0 saturated carbocycles. The van der Waals surface area contributed by atoms with Crippen molar-refractivity contribution in [1.82, 2.24) is 4.72 Å². The summed E-state index contributed by atoms with van der Waals surface area (Å²) in [6.07, 6.45) is 0. The van der Waals surface area contributed by atoms with Gasteiger partial charge in [-0.2, -0.15) is 0 Å². The van der Waals surface area contributed by atoms with Gasteiger partial charge in [-0.25, -0.2) is 17.9 Å². The summed E-state index contributed by atoms with van der Waals surface area (Å²) < 4.78 is 26.5. The zero-order valence-corrected chi connectivity index (χ0v) is 11.8. The SMILES string of the molecule is Cc1cc(O)c(C(=O)O)cc1S(=O)(=O)NCC(C)C. The molecular formula is C12H17NO5S. The van der Waals surface area contributed by atoms with Crippen LogP contribution in [0.4, 0.5) is 0 Å². The van der Waals surface area contributed by atoms with E-state index < -0.39 is 27.3 Å². The molecule has 0 amide bonds. The van der Waals surface area contributed by atoms with E-state index in [4.69, 9.17) is 5.11 Å². The predicted molar refractivity (Wildman–Crippen MR) is 69.8 cm³/mol. The minimum Gasteiger partial charge on any atom is -0.507 e. The highest BCUT2D eigenvalue weighted by Gasteiger charge is 2.21. The Labute approximate surface area is 112 Å². The van der Waals surface area contributed by atoms with Crippen LogP contribution in [0.25, 0.3) is 0 Å². The van der Waals surface area contributed by atoms with Gasteiger partial charge in [-0.15, -0.1) is 0 Å². The fourth-order valence-electron chi connectivity index (χ4n) is 1.49. The van der Waals surface area contributed by atoms with Crippen LogP contribution in [-0.2, 0) is 10.0 Å². The first-order valence-corrected chi connectivity index (χ1v) is 7.20. The Morgan fingerprint density at radius 2 is 1.95 bits per heavy atom. The molecule has 0 heterocycles. The lowest BCUT2D eigenvalue weighted by molar-refractivity contribution is 0.0693. The quantitative estimate of drug-likeness (QED) is 0.758. The van der Waals surface area contributed by atoms with Gasteiger partial charge >= 0.3 is 5.97 Å². The van der Waals surface area contributed by atoms with Crippen molar-refractivity contribution in [3.63, 3.8) is 0 Å². The lowest BCUT2D eigenvalue weighted by atomic mass is 10.1. The normalized spacial score (nSPS) is 11.8. The average Bonchev–Trinajstić information content (AvgIpc) is 2.25. The summed E-state index contributed by atoms with van der Waals surface area (Å²) in [6.45, 7) is 5.46. The highest BCUT2D eigenvalue weighted by atomic mass is 32.2. The van der Waals surface area contributed by atoms with Crippen molar-refractivity contribution in [1.29, 1.82) is 0 Å². The minimum absolute atomic E-state index is 0.131. The van der Waals surface area contributed by atoms with Crippen LogP contribution < -0.4 is 4.72 Å². The number of rotatable bonds is 5. The molecule has 0 fully saturated rings. The fourth-order valence-corrected chi connectivity index (χ4v) is 2.95. The van der Waals surface area contributed by atoms with E-state index in [0.29, 0.717) is 5.56 Å². The Hall–Kier alpha value is -1.60.